The molecule has 6 nitrogen and oxygen atoms in total. The molecule has 0 aliphatic heterocycles. The number of amides is 1. The van der Waals surface area contributed by atoms with Crippen LogP contribution < -0.4 is 10.9 Å². The molecule has 106 valence electrons. The molecule has 3 atom stereocenters. The Morgan fingerprint density at radius 2 is 2.10 bits per heavy atom. The Hall–Kier alpha value is -2.08. The smallest absolute Gasteiger partial charge is 0.269 e. The lowest BCUT2D eigenvalue weighted by Crippen LogP contribution is -2.50. The summed E-state index contributed by atoms with van der Waals surface area (Å²) in [7, 11) is 0. The van der Waals surface area contributed by atoms with E-state index in [9.17, 15) is 9.90 Å². The maximum Gasteiger partial charge on any atom is 0.269 e. The van der Waals surface area contributed by atoms with Crippen molar-refractivity contribution < 1.29 is 15.1 Å². The fraction of sp³-hybridized carbons (Fsp3) is 0.429. The molecule has 0 saturated heterocycles. The Balaban J connectivity index is 1.65. The van der Waals surface area contributed by atoms with Crippen LogP contribution in [0.15, 0.2) is 29.4 Å². The van der Waals surface area contributed by atoms with Crippen LogP contribution in [0, 0.1) is 11.8 Å². The fourth-order valence-corrected chi connectivity index (χ4v) is 3.30. The third-order valence-electron chi connectivity index (χ3n) is 4.29. The van der Waals surface area contributed by atoms with Crippen LogP contribution in [-0.4, -0.2) is 28.0 Å². The highest BCUT2D eigenvalue weighted by molar-refractivity contribution is 5.98. The summed E-state index contributed by atoms with van der Waals surface area (Å²) >= 11 is 0. The van der Waals surface area contributed by atoms with Crippen molar-refractivity contribution in [3.8, 4) is 5.75 Å². The van der Waals surface area contributed by atoms with Crippen LogP contribution in [0.4, 0.5) is 0 Å². The molecule has 2 aliphatic carbocycles. The highest BCUT2D eigenvalue weighted by Gasteiger charge is 2.45. The van der Waals surface area contributed by atoms with Crippen molar-refractivity contribution in [3.63, 3.8) is 0 Å². The Morgan fingerprint density at radius 3 is 2.85 bits per heavy atom. The molecule has 20 heavy (non-hydrogen) atoms. The Bertz CT molecular complexity index is 558. The normalized spacial score (nSPS) is 29.8. The first-order valence-corrected chi connectivity index (χ1v) is 6.76. The quantitative estimate of drug-likeness (QED) is 0.493. The van der Waals surface area contributed by atoms with Crippen molar-refractivity contribution >= 4 is 11.6 Å². The average molecular weight is 275 g/mol. The van der Waals surface area contributed by atoms with Gasteiger partial charge in [-0.3, -0.25) is 10.2 Å². The minimum atomic E-state index is -0.400. The zero-order chi connectivity index (χ0) is 14.1. The van der Waals surface area contributed by atoms with Gasteiger partial charge in [0.1, 0.15) is 5.75 Å². The van der Waals surface area contributed by atoms with Gasteiger partial charge in [0.2, 0.25) is 0 Å². The molecule has 6 heteroatoms. The van der Waals surface area contributed by atoms with Gasteiger partial charge in [0.15, 0.2) is 0 Å². The van der Waals surface area contributed by atoms with Crippen molar-refractivity contribution in [1.82, 2.24) is 10.9 Å². The number of nitrogens with one attached hydrogen (secondary N) is 2. The molecule has 0 radical (unpaired) electrons. The van der Waals surface area contributed by atoms with Crippen LogP contribution >= 0.6 is 0 Å². The van der Waals surface area contributed by atoms with Crippen LogP contribution in [0.5, 0.6) is 5.75 Å². The SMILES string of the molecule is O=C(NN[C@@H]1/C(=N/O)[C@H]2CC[C@@H]1C2)c1ccccc1O. The molecule has 0 aromatic heterocycles. The monoisotopic (exact) mass is 275 g/mol. The summed E-state index contributed by atoms with van der Waals surface area (Å²) in [5, 5.41) is 22.1. The van der Waals surface area contributed by atoms with Gasteiger partial charge in [-0.15, -0.1) is 0 Å². The summed E-state index contributed by atoms with van der Waals surface area (Å²) in [4.78, 5) is 12.0. The van der Waals surface area contributed by atoms with Crippen molar-refractivity contribution in [2.75, 3.05) is 0 Å². The topological polar surface area (TPSA) is 94.0 Å². The van der Waals surface area contributed by atoms with E-state index in [0.717, 1.165) is 25.0 Å². The summed E-state index contributed by atoms with van der Waals surface area (Å²) < 4.78 is 0. The zero-order valence-electron chi connectivity index (χ0n) is 10.9. The largest absolute Gasteiger partial charge is 0.507 e. The fourth-order valence-electron chi connectivity index (χ4n) is 3.30. The Labute approximate surface area is 116 Å². The second-order valence-electron chi connectivity index (χ2n) is 5.39. The number of carbonyl (C=O) groups is 1. The second-order valence-corrected chi connectivity index (χ2v) is 5.39. The van der Waals surface area contributed by atoms with E-state index in [2.05, 4.69) is 16.0 Å². The minimum absolute atomic E-state index is 0.0595. The van der Waals surface area contributed by atoms with E-state index in [1.165, 1.54) is 6.07 Å². The molecule has 0 heterocycles. The molecule has 1 amide bonds. The van der Waals surface area contributed by atoms with E-state index < -0.39 is 5.91 Å². The number of oxime groups is 1. The van der Waals surface area contributed by atoms with Crippen molar-refractivity contribution in [1.29, 1.82) is 0 Å². The summed E-state index contributed by atoms with van der Waals surface area (Å²) in [6.07, 6.45) is 3.13. The summed E-state index contributed by atoms with van der Waals surface area (Å²) in [6, 6.07) is 6.24. The second kappa shape index (κ2) is 5.13. The van der Waals surface area contributed by atoms with E-state index in [1.807, 2.05) is 0 Å². The molecule has 4 N–H and O–H groups in total. The highest BCUT2D eigenvalue weighted by atomic mass is 16.4. The lowest BCUT2D eigenvalue weighted by Gasteiger charge is -2.24. The van der Waals surface area contributed by atoms with Gasteiger partial charge in [-0.25, -0.2) is 5.43 Å². The van der Waals surface area contributed by atoms with E-state index in [0.29, 0.717) is 11.8 Å². The highest BCUT2D eigenvalue weighted by Crippen LogP contribution is 2.42. The number of phenolic OH excluding ortho intramolecular Hbond substituents is 1. The van der Waals surface area contributed by atoms with Gasteiger partial charge in [0, 0.05) is 5.92 Å². The molecular weight excluding hydrogens is 258 g/mol. The number of hydrazine groups is 1. The number of carbonyl (C=O) groups excluding carboxylic acids is 1. The first-order chi connectivity index (χ1) is 9.70. The predicted octanol–water partition coefficient (Wildman–Crippen LogP) is 1.26. The van der Waals surface area contributed by atoms with Crippen molar-refractivity contribution in [2.24, 2.45) is 17.0 Å². The van der Waals surface area contributed by atoms with E-state index >= 15 is 0 Å². The third-order valence-corrected chi connectivity index (χ3v) is 4.29. The van der Waals surface area contributed by atoms with Gasteiger partial charge in [-0.2, -0.15) is 0 Å². The summed E-state index contributed by atoms with van der Waals surface area (Å²) in [5.41, 5.74) is 6.46. The molecule has 1 aromatic carbocycles. The number of hydrogen-bond acceptors (Lipinski definition) is 5. The van der Waals surface area contributed by atoms with Crippen molar-refractivity contribution in [2.45, 2.75) is 25.3 Å². The van der Waals surface area contributed by atoms with Gasteiger partial charge < -0.3 is 10.3 Å². The van der Waals surface area contributed by atoms with Crippen LogP contribution in [0.3, 0.4) is 0 Å². The van der Waals surface area contributed by atoms with Gasteiger partial charge in [0.05, 0.1) is 17.3 Å². The Kier molecular flexibility index (Phi) is 3.31. The first-order valence-electron chi connectivity index (χ1n) is 6.76. The van der Waals surface area contributed by atoms with Crippen LogP contribution in [-0.2, 0) is 0 Å². The predicted molar refractivity (Wildman–Crippen MR) is 72.5 cm³/mol. The number of rotatable bonds is 3. The summed E-state index contributed by atoms with van der Waals surface area (Å²) in [6.45, 7) is 0. The standard InChI is InChI=1S/C14H17N3O3/c18-11-4-2-1-3-10(11)14(19)16-15-12-8-5-6-9(7-8)13(12)17-20/h1-4,8-9,12,15,18,20H,5-7H2,(H,16,19)/b17-13+/t8-,9+,12+/m1/s1. The molecule has 2 fully saturated rings. The zero-order valence-corrected chi connectivity index (χ0v) is 10.9. The molecular formula is C14H17N3O3. The Morgan fingerprint density at radius 1 is 1.30 bits per heavy atom. The van der Waals surface area contributed by atoms with Gasteiger partial charge in [-0.05, 0) is 37.3 Å². The number of aromatic hydroxyl groups is 1. The molecule has 2 bridgehead atoms. The van der Waals surface area contributed by atoms with E-state index in [1.54, 1.807) is 18.2 Å². The van der Waals surface area contributed by atoms with Gasteiger partial charge in [-0.1, -0.05) is 17.3 Å². The van der Waals surface area contributed by atoms with E-state index in [4.69, 9.17) is 5.21 Å². The van der Waals surface area contributed by atoms with Crippen molar-refractivity contribution in [3.05, 3.63) is 29.8 Å². The number of para-hydroxylation sites is 1. The van der Waals surface area contributed by atoms with E-state index in [-0.39, 0.29) is 17.4 Å². The lowest BCUT2D eigenvalue weighted by molar-refractivity contribution is 0.0923. The molecule has 1 aromatic rings. The molecule has 3 rings (SSSR count). The number of fused-ring (bicyclic) bond motifs is 2. The van der Waals surface area contributed by atoms with Crippen LogP contribution in [0.1, 0.15) is 29.6 Å². The molecule has 0 unspecified atom stereocenters. The number of hydrogen-bond donors (Lipinski definition) is 4. The number of nitrogens with zero attached hydrogens (tertiary/aromatic N) is 1. The number of phenols is 1. The first kappa shape index (κ1) is 12.9. The molecule has 2 aliphatic rings. The van der Waals surface area contributed by atoms with Crippen LogP contribution in [0.2, 0.25) is 0 Å². The average Bonchev–Trinajstić information content (AvgIpc) is 3.05. The van der Waals surface area contributed by atoms with Gasteiger partial charge >= 0.3 is 0 Å². The maximum atomic E-state index is 12.0. The van der Waals surface area contributed by atoms with Gasteiger partial charge in [0.25, 0.3) is 5.91 Å². The molecule has 0 spiro atoms. The number of benzene rings is 1. The third kappa shape index (κ3) is 2.12. The summed E-state index contributed by atoms with van der Waals surface area (Å²) in [5.74, 6) is 0.263. The maximum absolute atomic E-state index is 12.0. The minimum Gasteiger partial charge on any atom is -0.507 e. The van der Waals surface area contributed by atoms with Crippen LogP contribution in [0.25, 0.3) is 0 Å². The molecule has 2 saturated carbocycles. The lowest BCUT2D eigenvalue weighted by atomic mass is 9.94.